The summed E-state index contributed by atoms with van der Waals surface area (Å²) in [5.74, 6) is -1.48. The van der Waals surface area contributed by atoms with Gasteiger partial charge in [-0.05, 0) is 0 Å². The van der Waals surface area contributed by atoms with Crippen molar-refractivity contribution < 1.29 is 15.6 Å². The zero-order chi connectivity index (χ0) is 27.3. The first kappa shape index (κ1) is 28.4. The van der Waals surface area contributed by atoms with E-state index < -0.39 is 21.5 Å². The Morgan fingerprint density at radius 3 is 2.21 bits per heavy atom. The van der Waals surface area contributed by atoms with Gasteiger partial charge in [-0.3, -0.25) is 0 Å². The van der Waals surface area contributed by atoms with Crippen LogP contribution >= 0.6 is 17.0 Å². The molecule has 0 aliphatic heterocycles. The fourth-order valence-electron chi connectivity index (χ4n) is 6.72. The van der Waals surface area contributed by atoms with Gasteiger partial charge in [0.05, 0.1) is 0 Å². The Labute approximate surface area is 239 Å². The van der Waals surface area contributed by atoms with Crippen LogP contribution in [0.15, 0.2) is 78.4 Å². The van der Waals surface area contributed by atoms with Gasteiger partial charge in [0.2, 0.25) is 0 Å². The van der Waals surface area contributed by atoms with Crippen molar-refractivity contribution in [2.75, 3.05) is 0 Å². The van der Waals surface area contributed by atoms with Crippen molar-refractivity contribution in [1.82, 2.24) is 0 Å². The summed E-state index contributed by atoms with van der Waals surface area (Å²) in [7, 11) is 16.6. The molecule has 0 bridgehead atoms. The number of rotatable bonds is 7. The Morgan fingerprint density at radius 1 is 0.868 bits per heavy atom. The number of halogens is 2. The number of unbranched alkanes of at least 4 members (excludes halogenated alkanes) is 1. The summed E-state index contributed by atoms with van der Waals surface area (Å²) < 4.78 is 0.334. The molecule has 3 aromatic carbocycles. The first-order valence-electron chi connectivity index (χ1n) is 14.3. The van der Waals surface area contributed by atoms with Crippen molar-refractivity contribution in [2.45, 2.75) is 72.7 Å². The summed E-state index contributed by atoms with van der Waals surface area (Å²) >= 11 is -4.53. The second kappa shape index (κ2) is 10.3. The maximum atomic E-state index is 8.29. The van der Waals surface area contributed by atoms with E-state index in [0.717, 1.165) is 6.42 Å². The second-order valence-electron chi connectivity index (χ2n) is 12.7. The van der Waals surface area contributed by atoms with E-state index in [1.54, 1.807) is 0 Å². The molecule has 0 heterocycles. The van der Waals surface area contributed by atoms with E-state index in [9.17, 15) is 0 Å². The van der Waals surface area contributed by atoms with Crippen LogP contribution < -0.4 is 0 Å². The van der Waals surface area contributed by atoms with Gasteiger partial charge in [-0.2, -0.15) is 0 Å². The Morgan fingerprint density at radius 2 is 1.55 bits per heavy atom. The van der Waals surface area contributed by atoms with Gasteiger partial charge in [0.25, 0.3) is 0 Å². The number of hydrogen-bond donors (Lipinski definition) is 0. The molecule has 199 valence electrons. The van der Waals surface area contributed by atoms with Crippen LogP contribution in [-0.2, 0) is 21.0 Å². The quantitative estimate of drug-likeness (QED) is 0.226. The molecule has 0 aromatic heterocycles. The Bertz CT molecular complexity index is 1410. The number of fused-ring (bicyclic) bond motifs is 2. The zero-order valence-corrected chi connectivity index (χ0v) is 28.8. The Hall–Kier alpha value is -1.18. The number of benzene rings is 3. The van der Waals surface area contributed by atoms with Crippen LogP contribution in [0.5, 0.6) is 0 Å². The summed E-state index contributed by atoms with van der Waals surface area (Å²) in [5, 5.41) is 0. The van der Waals surface area contributed by atoms with Gasteiger partial charge in [0.15, 0.2) is 0 Å². The molecule has 4 heteroatoms. The third-order valence-electron chi connectivity index (χ3n) is 9.08. The van der Waals surface area contributed by atoms with Gasteiger partial charge in [-0.15, -0.1) is 0 Å². The average molecular weight is 640 g/mol. The SMILES string of the molecule is CCCCC1=Cc2c(-c3ccc(C(C)(C)C)cc3)cccc2[CH]1[Zr]([Cl])([Cl])([CH]1C=Cc2ccccc21)[SiH](C)C. The molecule has 2 atom stereocenters. The summed E-state index contributed by atoms with van der Waals surface area (Å²) in [6.45, 7) is 13.9. The van der Waals surface area contributed by atoms with Crippen LogP contribution in [-0.4, -0.2) is 5.92 Å². The molecule has 0 saturated carbocycles. The fourth-order valence-corrected chi connectivity index (χ4v) is 36.2. The van der Waals surface area contributed by atoms with E-state index in [-0.39, 0.29) is 12.7 Å². The molecule has 3 aromatic rings. The fraction of sp³-hybridized carbons (Fsp3) is 0.353. The minimum atomic E-state index is -4.53. The topological polar surface area (TPSA) is 0 Å². The van der Waals surface area contributed by atoms with Crippen molar-refractivity contribution in [3.05, 3.63) is 106 Å². The van der Waals surface area contributed by atoms with Crippen LogP contribution in [0.3, 0.4) is 0 Å². The molecule has 2 unspecified atom stereocenters. The van der Waals surface area contributed by atoms with Crippen LogP contribution in [0, 0.1) is 0 Å². The van der Waals surface area contributed by atoms with Gasteiger partial charge >= 0.3 is 241 Å². The third kappa shape index (κ3) is 4.62. The predicted molar refractivity (Wildman–Crippen MR) is 170 cm³/mol. The van der Waals surface area contributed by atoms with Crippen LogP contribution in [0.1, 0.15) is 82.0 Å². The summed E-state index contributed by atoms with van der Waals surface area (Å²) in [6, 6.07) is 24.8. The van der Waals surface area contributed by atoms with E-state index in [1.165, 1.54) is 57.4 Å². The monoisotopic (exact) mass is 637 g/mol. The summed E-state index contributed by atoms with van der Waals surface area (Å²) in [5.41, 5.74) is 10.9. The van der Waals surface area contributed by atoms with Gasteiger partial charge in [0.1, 0.15) is 0 Å². The van der Waals surface area contributed by atoms with E-state index in [1.807, 2.05) is 0 Å². The van der Waals surface area contributed by atoms with E-state index in [0.29, 0.717) is 0 Å². The standard InChI is InChI=1S/C23H27.C9H7.C2H7Si.2ClH.Zr/c1-5-6-8-17-15-19-9-7-10-21(22(19)16-17)18-11-13-20(14-12-18)23(2,3)4;1-2-5-9-7-3-6-8(9)4-1;1-3-2;;;/h7,9-16H,5-6,8H2,1-4H3;1-7H;3H,1-2H3;2*1H;/q;;;;;+2/p-2. The first-order valence-corrected chi connectivity index (χ1v) is 30.6. The van der Waals surface area contributed by atoms with Crippen LogP contribution in [0.2, 0.25) is 13.1 Å². The van der Waals surface area contributed by atoms with Gasteiger partial charge < -0.3 is 0 Å². The normalized spacial score (nSPS) is 19.7. The van der Waals surface area contributed by atoms with Crippen molar-refractivity contribution in [1.29, 1.82) is 0 Å². The molecule has 0 saturated heterocycles. The molecular formula is C34H41Cl2SiZr. The maximum absolute atomic E-state index is 8.29. The van der Waals surface area contributed by atoms with Gasteiger partial charge in [-0.1, -0.05) is 0 Å². The number of allylic oxidation sites excluding steroid dienone is 2. The van der Waals surface area contributed by atoms with Crippen molar-refractivity contribution in [2.24, 2.45) is 0 Å². The average Bonchev–Trinajstić information content (AvgIpc) is 3.49. The summed E-state index contributed by atoms with van der Waals surface area (Å²) in [4.78, 5) is 0. The molecule has 38 heavy (non-hydrogen) atoms. The molecule has 0 radical (unpaired) electrons. The van der Waals surface area contributed by atoms with Crippen molar-refractivity contribution in [3.63, 3.8) is 0 Å². The van der Waals surface area contributed by atoms with Crippen LogP contribution in [0.4, 0.5) is 0 Å². The third-order valence-corrected chi connectivity index (χ3v) is 61.1. The Kier molecular flexibility index (Phi) is 7.71. The van der Waals surface area contributed by atoms with Gasteiger partial charge in [-0.25, -0.2) is 0 Å². The molecule has 0 fully saturated rings. The second-order valence-corrected chi connectivity index (χ2v) is 55.4. The van der Waals surface area contributed by atoms with Gasteiger partial charge in [0, 0.05) is 0 Å². The summed E-state index contributed by atoms with van der Waals surface area (Å²) in [6.07, 6.45) is 10.5. The molecule has 0 nitrogen and oxygen atoms in total. The van der Waals surface area contributed by atoms with E-state index >= 15 is 0 Å². The van der Waals surface area contributed by atoms with Crippen molar-refractivity contribution in [3.8, 4) is 11.1 Å². The first-order chi connectivity index (χ1) is 18.0. The molecule has 0 spiro atoms. The van der Waals surface area contributed by atoms with E-state index in [4.69, 9.17) is 17.0 Å². The molecule has 2 aliphatic rings. The molecule has 0 amide bonds. The van der Waals surface area contributed by atoms with Crippen molar-refractivity contribution >= 4 is 35.1 Å². The Balaban J connectivity index is 1.69. The van der Waals surface area contributed by atoms with E-state index in [2.05, 4.69) is 126 Å². The van der Waals surface area contributed by atoms with Crippen LogP contribution in [0.25, 0.3) is 23.3 Å². The molecule has 0 N–H and O–H groups in total. The molecule has 5 rings (SSSR count). The number of hydrogen-bond acceptors (Lipinski definition) is 0. The molecule has 2 aliphatic carbocycles. The molecular weight excluding hydrogens is 599 g/mol. The predicted octanol–water partition coefficient (Wildman–Crippen LogP) is 11.0. The zero-order valence-electron chi connectivity index (χ0n) is 23.7. The minimum absolute atomic E-state index is 0.139.